The summed E-state index contributed by atoms with van der Waals surface area (Å²) in [5.41, 5.74) is 6.29. The number of nitrogens with one attached hydrogen (secondary N) is 1. The normalized spacial score (nSPS) is 12.4. The molecule has 0 saturated heterocycles. The van der Waals surface area contributed by atoms with E-state index < -0.39 is 21.8 Å². The van der Waals surface area contributed by atoms with Crippen LogP contribution in [0.3, 0.4) is 0 Å². The molecule has 0 fully saturated rings. The number of carbonyl (C=O) groups is 1. The van der Waals surface area contributed by atoms with Crippen LogP contribution in [0.4, 0.5) is 5.69 Å². The summed E-state index contributed by atoms with van der Waals surface area (Å²) in [5, 5.41) is 2.67. The molecule has 1 amide bonds. The Morgan fingerprint density at radius 3 is 2.29 bits per heavy atom. The predicted molar refractivity (Wildman–Crippen MR) is 99.6 cm³/mol. The van der Waals surface area contributed by atoms with E-state index in [1.165, 1.54) is 0 Å². The number of hydrogen-bond acceptors (Lipinski definition) is 5. The molecule has 0 aliphatic carbocycles. The van der Waals surface area contributed by atoms with E-state index in [1.807, 2.05) is 0 Å². The molecule has 138 valence electrons. The first kappa shape index (κ1) is 22.7. The van der Waals surface area contributed by atoms with Gasteiger partial charge in [0.2, 0.25) is 5.91 Å². The molecule has 3 N–H and O–H groups in total. The van der Waals surface area contributed by atoms with Crippen LogP contribution in [0, 0.1) is 5.92 Å². The van der Waals surface area contributed by atoms with Gasteiger partial charge in [0, 0.05) is 11.9 Å². The number of carbonyl (C=O) groups excluding carboxylic acids is 1. The lowest BCUT2D eigenvalue weighted by molar-refractivity contribution is -0.117. The fourth-order valence-corrected chi connectivity index (χ4v) is 2.44. The van der Waals surface area contributed by atoms with E-state index >= 15 is 0 Å². The summed E-state index contributed by atoms with van der Waals surface area (Å²) in [5.74, 6) is 0.818. The molecule has 0 spiro atoms. The lowest BCUT2D eigenvalue weighted by Gasteiger charge is -2.12. The first-order valence-corrected chi connectivity index (χ1v) is 9.70. The third-order valence-corrected chi connectivity index (χ3v) is 4.20. The van der Waals surface area contributed by atoms with E-state index in [0.717, 1.165) is 18.4 Å². The van der Waals surface area contributed by atoms with Gasteiger partial charge in [0.25, 0.3) is 0 Å². The summed E-state index contributed by atoms with van der Waals surface area (Å²) in [6.45, 7) is 4.92. The summed E-state index contributed by atoms with van der Waals surface area (Å²) in [6.07, 6.45) is 2.20. The zero-order chi connectivity index (χ0) is 17.5. The minimum Gasteiger partial charge on any atom is -0.494 e. The molecular formula is C16H27ClN2O4S. The number of benzene rings is 1. The topological polar surface area (TPSA) is 98.5 Å². The molecule has 6 nitrogen and oxygen atoms in total. The zero-order valence-corrected chi connectivity index (χ0v) is 16.0. The van der Waals surface area contributed by atoms with Gasteiger partial charge in [-0.15, -0.1) is 12.4 Å². The fraction of sp³-hybridized carbons (Fsp3) is 0.562. The van der Waals surface area contributed by atoms with Gasteiger partial charge >= 0.3 is 0 Å². The third-order valence-electron chi connectivity index (χ3n) is 3.22. The second-order valence-electron chi connectivity index (χ2n) is 6.07. The van der Waals surface area contributed by atoms with Gasteiger partial charge in [-0.25, -0.2) is 8.42 Å². The molecule has 0 heterocycles. The molecule has 0 bridgehead atoms. The highest BCUT2D eigenvalue weighted by Crippen LogP contribution is 2.16. The van der Waals surface area contributed by atoms with Crippen LogP contribution in [-0.2, 0) is 14.6 Å². The molecular weight excluding hydrogens is 352 g/mol. The van der Waals surface area contributed by atoms with Crippen LogP contribution in [0.2, 0.25) is 0 Å². The smallest absolute Gasteiger partial charge is 0.241 e. The molecule has 0 radical (unpaired) electrons. The fourth-order valence-electron chi connectivity index (χ4n) is 1.75. The molecule has 1 aromatic carbocycles. The molecule has 24 heavy (non-hydrogen) atoms. The van der Waals surface area contributed by atoms with E-state index in [1.54, 1.807) is 24.3 Å². The molecule has 1 atom stereocenters. The van der Waals surface area contributed by atoms with Crippen molar-refractivity contribution in [1.82, 2.24) is 0 Å². The van der Waals surface area contributed by atoms with E-state index in [2.05, 4.69) is 19.2 Å². The van der Waals surface area contributed by atoms with Crippen LogP contribution in [0.1, 0.15) is 26.7 Å². The maximum Gasteiger partial charge on any atom is 0.241 e. The number of halogens is 1. The maximum atomic E-state index is 11.9. The lowest BCUT2D eigenvalue weighted by Crippen LogP contribution is -2.37. The van der Waals surface area contributed by atoms with Gasteiger partial charge in [-0.1, -0.05) is 13.8 Å². The molecule has 0 aliphatic rings. The van der Waals surface area contributed by atoms with Gasteiger partial charge in [0.1, 0.15) is 15.6 Å². The Morgan fingerprint density at radius 2 is 1.79 bits per heavy atom. The van der Waals surface area contributed by atoms with Crippen molar-refractivity contribution in [1.29, 1.82) is 0 Å². The second kappa shape index (κ2) is 10.5. The minimum atomic E-state index is -3.12. The van der Waals surface area contributed by atoms with Crippen LogP contribution in [0.25, 0.3) is 0 Å². The lowest BCUT2D eigenvalue weighted by atomic mass is 10.1. The molecule has 8 heteroatoms. The summed E-state index contributed by atoms with van der Waals surface area (Å²) >= 11 is 0. The van der Waals surface area contributed by atoms with Gasteiger partial charge in [-0.05, 0) is 43.0 Å². The zero-order valence-electron chi connectivity index (χ0n) is 14.3. The van der Waals surface area contributed by atoms with Gasteiger partial charge in [0.15, 0.2) is 0 Å². The van der Waals surface area contributed by atoms with Crippen LogP contribution >= 0.6 is 12.4 Å². The van der Waals surface area contributed by atoms with Gasteiger partial charge in [-0.2, -0.15) is 0 Å². The first-order chi connectivity index (χ1) is 10.7. The van der Waals surface area contributed by atoms with Crippen molar-refractivity contribution in [2.75, 3.05) is 23.9 Å². The Balaban J connectivity index is 0.00000529. The number of hydrogen-bond donors (Lipinski definition) is 2. The molecule has 0 saturated carbocycles. The number of rotatable bonds is 9. The highest BCUT2D eigenvalue weighted by atomic mass is 35.5. The summed E-state index contributed by atoms with van der Waals surface area (Å²) in [7, 11) is -3.12. The Bertz CT molecular complexity index is 603. The Hall–Kier alpha value is -1.31. The van der Waals surface area contributed by atoms with Crippen molar-refractivity contribution >= 4 is 33.8 Å². The predicted octanol–water partition coefficient (Wildman–Crippen LogP) is 2.23. The van der Waals surface area contributed by atoms with E-state index in [0.29, 0.717) is 18.2 Å². The standard InChI is InChI=1S/C16H26N2O4S.ClH/c1-12(2)8-10-22-14-6-4-13(5-7-14)18-16(19)15(17)9-11-23(3,20)21;/h4-7,12,15H,8-11,17H2,1-3H3,(H,18,19);1H. The van der Waals surface area contributed by atoms with Gasteiger partial charge in [0.05, 0.1) is 18.4 Å². The number of anilines is 1. The molecule has 1 aromatic rings. The van der Waals surface area contributed by atoms with Crippen LogP contribution in [0.15, 0.2) is 24.3 Å². The van der Waals surface area contributed by atoms with Crippen molar-refractivity contribution in [3.8, 4) is 5.75 Å². The van der Waals surface area contributed by atoms with E-state index in [9.17, 15) is 13.2 Å². The van der Waals surface area contributed by atoms with Gasteiger partial charge in [-0.3, -0.25) is 4.79 Å². The number of amides is 1. The van der Waals surface area contributed by atoms with Crippen molar-refractivity contribution in [3.05, 3.63) is 24.3 Å². The number of sulfone groups is 1. The van der Waals surface area contributed by atoms with Crippen molar-refractivity contribution < 1.29 is 17.9 Å². The van der Waals surface area contributed by atoms with Crippen LogP contribution in [-0.4, -0.2) is 39.0 Å². The molecule has 0 aliphatic heterocycles. The molecule has 1 unspecified atom stereocenters. The van der Waals surface area contributed by atoms with E-state index in [4.69, 9.17) is 10.5 Å². The Labute approximate surface area is 150 Å². The average Bonchev–Trinajstić information content (AvgIpc) is 2.45. The van der Waals surface area contributed by atoms with Crippen molar-refractivity contribution in [3.63, 3.8) is 0 Å². The monoisotopic (exact) mass is 378 g/mol. The molecule has 1 rings (SSSR count). The largest absolute Gasteiger partial charge is 0.494 e. The number of nitrogens with two attached hydrogens (primary N) is 1. The summed E-state index contributed by atoms with van der Waals surface area (Å²) in [6, 6.07) is 6.15. The quantitative estimate of drug-likeness (QED) is 0.686. The van der Waals surface area contributed by atoms with Crippen LogP contribution in [0.5, 0.6) is 5.75 Å². The van der Waals surface area contributed by atoms with Crippen molar-refractivity contribution in [2.45, 2.75) is 32.7 Å². The molecule has 0 aromatic heterocycles. The summed E-state index contributed by atoms with van der Waals surface area (Å²) in [4.78, 5) is 11.9. The first-order valence-electron chi connectivity index (χ1n) is 7.64. The third kappa shape index (κ3) is 9.75. The van der Waals surface area contributed by atoms with E-state index in [-0.39, 0.29) is 24.6 Å². The van der Waals surface area contributed by atoms with Crippen LogP contribution < -0.4 is 15.8 Å². The second-order valence-corrected chi connectivity index (χ2v) is 8.33. The average molecular weight is 379 g/mol. The maximum absolute atomic E-state index is 11.9. The van der Waals surface area contributed by atoms with Gasteiger partial charge < -0.3 is 15.8 Å². The highest BCUT2D eigenvalue weighted by molar-refractivity contribution is 7.90. The highest BCUT2D eigenvalue weighted by Gasteiger charge is 2.16. The number of ether oxygens (including phenoxy) is 1. The summed E-state index contributed by atoms with van der Waals surface area (Å²) < 4.78 is 27.8. The Morgan fingerprint density at radius 1 is 1.21 bits per heavy atom. The van der Waals surface area contributed by atoms with Crippen molar-refractivity contribution in [2.24, 2.45) is 11.7 Å². The SMILES string of the molecule is CC(C)CCOc1ccc(NC(=O)C(N)CCS(C)(=O)=O)cc1.Cl. The Kier molecular flexibility index (Phi) is 9.96. The minimum absolute atomic E-state index is 0.